The monoisotopic (exact) mass is 304 g/mol. The normalized spacial score (nSPS) is 12.1. The van der Waals surface area contributed by atoms with Crippen LogP contribution < -0.4 is 0 Å². The fraction of sp³-hybridized carbons (Fsp3) is 0.867. The van der Waals surface area contributed by atoms with Crippen LogP contribution in [0.15, 0.2) is 0 Å². The van der Waals surface area contributed by atoms with E-state index in [-0.39, 0.29) is 13.2 Å². The molecule has 21 heavy (non-hydrogen) atoms. The van der Waals surface area contributed by atoms with Gasteiger partial charge in [0, 0.05) is 6.42 Å². The van der Waals surface area contributed by atoms with E-state index in [4.69, 9.17) is 19.2 Å². The SMILES string of the molecule is CCCCOC(=O)C(=O)OC(C)(C)CCOOC(C)(C)C. The van der Waals surface area contributed by atoms with E-state index in [1.165, 1.54) is 0 Å². The predicted molar refractivity (Wildman–Crippen MR) is 77.4 cm³/mol. The zero-order valence-corrected chi connectivity index (χ0v) is 14.0. The highest BCUT2D eigenvalue weighted by molar-refractivity contribution is 6.29. The van der Waals surface area contributed by atoms with Crippen LogP contribution in [0.25, 0.3) is 0 Å². The molecule has 0 aromatic carbocycles. The summed E-state index contributed by atoms with van der Waals surface area (Å²) in [5.41, 5.74) is -1.23. The van der Waals surface area contributed by atoms with Crippen LogP contribution >= 0.6 is 0 Å². The Kier molecular flexibility index (Phi) is 8.51. The zero-order chi connectivity index (χ0) is 16.5. The van der Waals surface area contributed by atoms with Crippen LogP contribution in [0.2, 0.25) is 0 Å². The molecule has 0 N–H and O–H groups in total. The van der Waals surface area contributed by atoms with Crippen LogP contribution in [-0.2, 0) is 28.8 Å². The van der Waals surface area contributed by atoms with Gasteiger partial charge in [-0.3, -0.25) is 0 Å². The van der Waals surface area contributed by atoms with E-state index >= 15 is 0 Å². The van der Waals surface area contributed by atoms with Crippen LogP contribution in [0.3, 0.4) is 0 Å². The van der Waals surface area contributed by atoms with Gasteiger partial charge in [0.25, 0.3) is 0 Å². The van der Waals surface area contributed by atoms with Gasteiger partial charge in [0.15, 0.2) is 0 Å². The molecule has 0 saturated carbocycles. The quantitative estimate of drug-likeness (QED) is 0.226. The molecule has 0 rings (SSSR count). The second-order valence-corrected chi connectivity index (χ2v) is 6.41. The first kappa shape index (κ1) is 19.9. The molecule has 0 spiro atoms. The number of hydrogen-bond acceptors (Lipinski definition) is 6. The number of ether oxygens (including phenoxy) is 2. The Labute approximate surface area is 127 Å². The number of rotatable bonds is 8. The number of carbonyl (C=O) groups excluding carboxylic acids is 2. The zero-order valence-electron chi connectivity index (χ0n) is 14.0. The second kappa shape index (κ2) is 9.00. The molecule has 0 radical (unpaired) electrons. The van der Waals surface area contributed by atoms with Crippen molar-refractivity contribution in [3.8, 4) is 0 Å². The molecule has 0 saturated heterocycles. The molecule has 0 bridgehead atoms. The summed E-state index contributed by atoms with van der Waals surface area (Å²) >= 11 is 0. The molecule has 0 aliphatic carbocycles. The van der Waals surface area contributed by atoms with E-state index in [9.17, 15) is 9.59 Å². The summed E-state index contributed by atoms with van der Waals surface area (Å²) in [6, 6.07) is 0. The van der Waals surface area contributed by atoms with Crippen LogP contribution in [0, 0.1) is 0 Å². The van der Waals surface area contributed by atoms with Gasteiger partial charge in [-0.15, -0.1) is 0 Å². The van der Waals surface area contributed by atoms with Crippen molar-refractivity contribution >= 4 is 11.9 Å². The fourth-order valence-corrected chi connectivity index (χ4v) is 1.22. The minimum atomic E-state index is -0.979. The van der Waals surface area contributed by atoms with Crippen molar-refractivity contribution in [2.75, 3.05) is 13.2 Å². The maximum Gasteiger partial charge on any atom is 0.418 e. The van der Waals surface area contributed by atoms with Crippen molar-refractivity contribution in [2.24, 2.45) is 0 Å². The minimum Gasteiger partial charge on any atom is -0.457 e. The molecular formula is C15H28O6. The summed E-state index contributed by atoms with van der Waals surface area (Å²) in [5.74, 6) is -1.93. The van der Waals surface area contributed by atoms with Gasteiger partial charge in [-0.1, -0.05) is 13.3 Å². The average Bonchev–Trinajstić information content (AvgIpc) is 2.33. The summed E-state index contributed by atoms with van der Waals surface area (Å²) in [6.07, 6.45) is 2.01. The number of esters is 2. The molecular weight excluding hydrogens is 276 g/mol. The first-order valence-electron chi connectivity index (χ1n) is 7.28. The van der Waals surface area contributed by atoms with Gasteiger partial charge in [-0.25, -0.2) is 19.4 Å². The Morgan fingerprint density at radius 3 is 2.10 bits per heavy atom. The van der Waals surface area contributed by atoms with Crippen molar-refractivity contribution in [3.05, 3.63) is 0 Å². The number of hydrogen-bond donors (Lipinski definition) is 0. The van der Waals surface area contributed by atoms with Crippen LogP contribution in [-0.4, -0.2) is 36.4 Å². The molecule has 6 heteroatoms. The van der Waals surface area contributed by atoms with E-state index in [0.29, 0.717) is 6.42 Å². The summed E-state index contributed by atoms with van der Waals surface area (Å²) in [4.78, 5) is 33.1. The van der Waals surface area contributed by atoms with Crippen molar-refractivity contribution < 1.29 is 28.8 Å². The largest absolute Gasteiger partial charge is 0.457 e. The third-order valence-corrected chi connectivity index (χ3v) is 2.36. The third-order valence-electron chi connectivity index (χ3n) is 2.36. The highest BCUT2D eigenvalue weighted by atomic mass is 17.2. The average molecular weight is 304 g/mol. The lowest BCUT2D eigenvalue weighted by molar-refractivity contribution is -0.351. The van der Waals surface area contributed by atoms with Gasteiger partial charge in [-0.05, 0) is 41.0 Å². The molecule has 0 aliphatic rings. The Balaban J connectivity index is 4.04. The predicted octanol–water partition coefficient (Wildman–Crippen LogP) is 2.79. The lowest BCUT2D eigenvalue weighted by atomic mass is 10.1. The molecule has 124 valence electrons. The summed E-state index contributed by atoms with van der Waals surface area (Å²) in [6.45, 7) is 11.4. The Bertz CT molecular complexity index is 330. The van der Waals surface area contributed by atoms with E-state index in [1.807, 2.05) is 27.7 Å². The van der Waals surface area contributed by atoms with E-state index in [1.54, 1.807) is 13.8 Å². The van der Waals surface area contributed by atoms with E-state index in [0.717, 1.165) is 12.8 Å². The van der Waals surface area contributed by atoms with Gasteiger partial charge in [0.2, 0.25) is 0 Å². The molecule has 0 amide bonds. The van der Waals surface area contributed by atoms with E-state index in [2.05, 4.69) is 0 Å². The topological polar surface area (TPSA) is 71.1 Å². The van der Waals surface area contributed by atoms with Gasteiger partial charge in [0.05, 0.1) is 18.8 Å². The van der Waals surface area contributed by atoms with Gasteiger partial charge >= 0.3 is 11.9 Å². The van der Waals surface area contributed by atoms with Crippen molar-refractivity contribution in [2.45, 2.75) is 72.0 Å². The highest BCUT2D eigenvalue weighted by Crippen LogP contribution is 2.16. The fourth-order valence-electron chi connectivity index (χ4n) is 1.22. The highest BCUT2D eigenvalue weighted by Gasteiger charge is 2.28. The van der Waals surface area contributed by atoms with Crippen molar-refractivity contribution in [3.63, 3.8) is 0 Å². The van der Waals surface area contributed by atoms with Gasteiger partial charge < -0.3 is 9.47 Å². The molecule has 0 fully saturated rings. The molecule has 0 aromatic rings. The second-order valence-electron chi connectivity index (χ2n) is 6.41. The molecule has 0 aromatic heterocycles. The summed E-state index contributed by atoms with van der Waals surface area (Å²) < 4.78 is 9.90. The maximum absolute atomic E-state index is 11.6. The Hall–Kier alpha value is -1.14. The first-order chi connectivity index (χ1) is 9.57. The van der Waals surface area contributed by atoms with Crippen molar-refractivity contribution in [1.29, 1.82) is 0 Å². The standard InChI is InChI=1S/C15H28O6/c1-7-8-10-18-12(16)13(17)20-15(5,6)9-11-19-21-14(2,3)4/h7-11H2,1-6H3. The molecule has 0 aliphatic heterocycles. The van der Waals surface area contributed by atoms with Gasteiger partial charge in [0.1, 0.15) is 5.60 Å². The maximum atomic E-state index is 11.6. The molecule has 6 nitrogen and oxygen atoms in total. The molecule has 0 atom stereocenters. The minimum absolute atomic E-state index is 0.230. The van der Waals surface area contributed by atoms with Crippen molar-refractivity contribution in [1.82, 2.24) is 0 Å². The molecule has 0 unspecified atom stereocenters. The van der Waals surface area contributed by atoms with Crippen LogP contribution in [0.1, 0.15) is 60.8 Å². The van der Waals surface area contributed by atoms with E-state index < -0.39 is 23.1 Å². The smallest absolute Gasteiger partial charge is 0.418 e. The summed E-state index contributed by atoms with van der Waals surface area (Å²) in [5, 5.41) is 0. The molecule has 0 heterocycles. The first-order valence-corrected chi connectivity index (χ1v) is 7.28. The van der Waals surface area contributed by atoms with Crippen LogP contribution in [0.4, 0.5) is 0 Å². The third kappa shape index (κ3) is 11.2. The number of unbranched alkanes of at least 4 members (excludes halogenated alkanes) is 1. The Morgan fingerprint density at radius 1 is 0.952 bits per heavy atom. The summed E-state index contributed by atoms with van der Waals surface area (Å²) in [7, 11) is 0. The Morgan fingerprint density at radius 2 is 1.57 bits per heavy atom. The lowest BCUT2D eigenvalue weighted by Crippen LogP contribution is -2.34. The van der Waals surface area contributed by atoms with Gasteiger partial charge in [-0.2, -0.15) is 0 Å². The lowest BCUT2D eigenvalue weighted by Gasteiger charge is -2.25. The number of carbonyl (C=O) groups is 2. The van der Waals surface area contributed by atoms with Crippen LogP contribution in [0.5, 0.6) is 0 Å².